The molecule has 72 valence electrons. The summed E-state index contributed by atoms with van der Waals surface area (Å²) in [6.45, 7) is 3.51. The summed E-state index contributed by atoms with van der Waals surface area (Å²) in [5, 5.41) is 3.58. The van der Waals surface area contributed by atoms with E-state index in [1.807, 2.05) is 0 Å². The summed E-state index contributed by atoms with van der Waals surface area (Å²) < 4.78 is 0. The Labute approximate surface area is 80.7 Å². The summed E-state index contributed by atoms with van der Waals surface area (Å²) in [6, 6.07) is 0.836. The molecule has 2 heteroatoms. The van der Waals surface area contributed by atoms with Gasteiger partial charge >= 0.3 is 0 Å². The minimum absolute atomic E-state index is 0.836. The molecule has 1 rings (SSSR count). The van der Waals surface area contributed by atoms with E-state index in [4.69, 9.17) is 0 Å². The van der Waals surface area contributed by atoms with Crippen LogP contribution in [0, 0.1) is 0 Å². The van der Waals surface area contributed by atoms with E-state index >= 15 is 0 Å². The summed E-state index contributed by atoms with van der Waals surface area (Å²) in [5.74, 6) is 2.69. The van der Waals surface area contributed by atoms with Crippen LogP contribution in [-0.4, -0.2) is 24.1 Å². The van der Waals surface area contributed by atoms with Crippen LogP contribution in [0.2, 0.25) is 0 Å². The molecule has 1 fully saturated rings. The van der Waals surface area contributed by atoms with Crippen LogP contribution in [0.15, 0.2) is 0 Å². The molecule has 0 radical (unpaired) electrons. The van der Waals surface area contributed by atoms with Crippen LogP contribution in [0.5, 0.6) is 0 Å². The van der Waals surface area contributed by atoms with Crippen LogP contribution in [0.3, 0.4) is 0 Å². The van der Waals surface area contributed by atoms with Crippen molar-refractivity contribution >= 4 is 11.8 Å². The maximum absolute atomic E-state index is 3.58. The molecule has 1 nitrogen and oxygen atoms in total. The predicted molar refractivity (Wildman–Crippen MR) is 57.9 cm³/mol. The Morgan fingerprint density at radius 3 is 2.92 bits per heavy atom. The zero-order valence-corrected chi connectivity index (χ0v) is 8.96. The number of nitrogens with one attached hydrogen (secondary N) is 1. The maximum atomic E-state index is 3.58. The summed E-state index contributed by atoms with van der Waals surface area (Å²) in [6.07, 6.45) is 6.94. The van der Waals surface area contributed by atoms with Gasteiger partial charge in [-0.2, -0.15) is 11.8 Å². The fraction of sp³-hybridized carbons (Fsp3) is 1.00. The first kappa shape index (κ1) is 10.4. The zero-order valence-electron chi connectivity index (χ0n) is 8.14. The van der Waals surface area contributed by atoms with Crippen molar-refractivity contribution in [3.63, 3.8) is 0 Å². The molecule has 0 aliphatic carbocycles. The molecule has 0 saturated carbocycles. The molecule has 1 heterocycles. The molecular formula is C10H21NS. The summed E-state index contributed by atoms with van der Waals surface area (Å²) in [7, 11) is 0. The van der Waals surface area contributed by atoms with E-state index in [2.05, 4.69) is 24.0 Å². The van der Waals surface area contributed by atoms with Crippen molar-refractivity contribution in [2.24, 2.45) is 0 Å². The summed E-state index contributed by atoms with van der Waals surface area (Å²) >= 11 is 2.11. The van der Waals surface area contributed by atoms with Gasteiger partial charge in [0.1, 0.15) is 0 Å². The van der Waals surface area contributed by atoms with Crippen molar-refractivity contribution in [1.82, 2.24) is 5.32 Å². The van der Waals surface area contributed by atoms with Gasteiger partial charge in [-0.05, 0) is 43.7 Å². The fourth-order valence-electron chi connectivity index (χ4n) is 1.64. The van der Waals surface area contributed by atoms with Crippen molar-refractivity contribution in [2.45, 2.75) is 45.1 Å². The van der Waals surface area contributed by atoms with E-state index in [9.17, 15) is 0 Å². The monoisotopic (exact) mass is 187 g/mol. The molecule has 1 saturated heterocycles. The molecule has 0 spiro atoms. The van der Waals surface area contributed by atoms with Gasteiger partial charge in [-0.3, -0.25) is 0 Å². The quantitative estimate of drug-likeness (QED) is 0.664. The van der Waals surface area contributed by atoms with Crippen molar-refractivity contribution in [3.05, 3.63) is 0 Å². The molecule has 0 amide bonds. The first-order chi connectivity index (χ1) is 5.93. The molecule has 1 N–H and O–H groups in total. The molecule has 0 aromatic rings. The Bertz CT molecular complexity index is 100. The van der Waals surface area contributed by atoms with Crippen LogP contribution < -0.4 is 5.32 Å². The summed E-state index contributed by atoms with van der Waals surface area (Å²) in [4.78, 5) is 0. The SMILES string of the molecule is CCCSCCC1CCCCN1. The van der Waals surface area contributed by atoms with Crippen LogP contribution in [-0.2, 0) is 0 Å². The van der Waals surface area contributed by atoms with Crippen LogP contribution in [0.25, 0.3) is 0 Å². The third-order valence-electron chi connectivity index (χ3n) is 2.37. The molecule has 1 aliphatic heterocycles. The second-order valence-electron chi connectivity index (χ2n) is 3.55. The highest BCUT2D eigenvalue weighted by molar-refractivity contribution is 7.99. The molecule has 1 unspecified atom stereocenters. The highest BCUT2D eigenvalue weighted by Gasteiger charge is 2.11. The van der Waals surface area contributed by atoms with Crippen LogP contribution in [0.1, 0.15) is 39.0 Å². The molecule has 0 aromatic carbocycles. The van der Waals surface area contributed by atoms with Crippen molar-refractivity contribution in [2.75, 3.05) is 18.1 Å². The number of thioether (sulfide) groups is 1. The Hall–Kier alpha value is 0.310. The Morgan fingerprint density at radius 1 is 1.33 bits per heavy atom. The van der Waals surface area contributed by atoms with Crippen molar-refractivity contribution < 1.29 is 0 Å². The van der Waals surface area contributed by atoms with Gasteiger partial charge in [-0.25, -0.2) is 0 Å². The Balaban J connectivity index is 1.91. The third kappa shape index (κ3) is 4.36. The van der Waals surface area contributed by atoms with Gasteiger partial charge in [0.2, 0.25) is 0 Å². The van der Waals surface area contributed by atoms with Gasteiger partial charge in [0.05, 0.1) is 0 Å². The lowest BCUT2D eigenvalue weighted by Crippen LogP contribution is -2.34. The lowest BCUT2D eigenvalue weighted by molar-refractivity contribution is 0.395. The highest BCUT2D eigenvalue weighted by Crippen LogP contribution is 2.13. The molecule has 0 aromatic heterocycles. The number of piperidine rings is 1. The van der Waals surface area contributed by atoms with E-state index in [1.165, 1.54) is 50.2 Å². The molecular weight excluding hydrogens is 166 g/mol. The van der Waals surface area contributed by atoms with Gasteiger partial charge in [-0.1, -0.05) is 13.3 Å². The number of hydrogen-bond acceptors (Lipinski definition) is 2. The lowest BCUT2D eigenvalue weighted by atomic mass is 10.0. The normalized spacial score (nSPS) is 24.2. The second-order valence-corrected chi connectivity index (χ2v) is 4.77. The second kappa shape index (κ2) is 6.79. The summed E-state index contributed by atoms with van der Waals surface area (Å²) in [5.41, 5.74) is 0. The first-order valence-electron chi connectivity index (χ1n) is 5.24. The predicted octanol–water partition coefficient (Wildman–Crippen LogP) is 2.66. The van der Waals surface area contributed by atoms with Crippen LogP contribution >= 0.6 is 11.8 Å². The maximum Gasteiger partial charge on any atom is 0.00749 e. The van der Waals surface area contributed by atoms with Gasteiger partial charge in [0, 0.05) is 6.04 Å². The van der Waals surface area contributed by atoms with E-state index in [1.54, 1.807) is 0 Å². The first-order valence-corrected chi connectivity index (χ1v) is 6.40. The molecule has 0 bridgehead atoms. The molecule has 1 aliphatic rings. The fourth-order valence-corrected chi connectivity index (χ4v) is 2.59. The third-order valence-corrected chi connectivity index (χ3v) is 3.59. The Morgan fingerprint density at radius 2 is 2.25 bits per heavy atom. The number of hydrogen-bond donors (Lipinski definition) is 1. The zero-order chi connectivity index (χ0) is 8.65. The van der Waals surface area contributed by atoms with Gasteiger partial charge in [-0.15, -0.1) is 0 Å². The molecule has 1 atom stereocenters. The van der Waals surface area contributed by atoms with E-state index in [-0.39, 0.29) is 0 Å². The largest absolute Gasteiger partial charge is 0.314 e. The minimum Gasteiger partial charge on any atom is -0.314 e. The average Bonchev–Trinajstić information content (AvgIpc) is 2.14. The van der Waals surface area contributed by atoms with E-state index < -0.39 is 0 Å². The van der Waals surface area contributed by atoms with Gasteiger partial charge in [0.25, 0.3) is 0 Å². The molecule has 12 heavy (non-hydrogen) atoms. The van der Waals surface area contributed by atoms with Crippen molar-refractivity contribution in [1.29, 1.82) is 0 Å². The van der Waals surface area contributed by atoms with Gasteiger partial charge in [0.15, 0.2) is 0 Å². The van der Waals surface area contributed by atoms with E-state index in [0.29, 0.717) is 0 Å². The average molecular weight is 187 g/mol. The van der Waals surface area contributed by atoms with Crippen LogP contribution in [0.4, 0.5) is 0 Å². The smallest absolute Gasteiger partial charge is 0.00749 e. The standard InChI is InChI=1S/C10H21NS/c1-2-8-12-9-6-10-5-3-4-7-11-10/h10-11H,2-9H2,1H3. The minimum atomic E-state index is 0.836. The van der Waals surface area contributed by atoms with Gasteiger partial charge < -0.3 is 5.32 Å². The van der Waals surface area contributed by atoms with Crippen molar-refractivity contribution in [3.8, 4) is 0 Å². The Kier molecular flexibility index (Phi) is 5.88. The topological polar surface area (TPSA) is 12.0 Å². The van der Waals surface area contributed by atoms with E-state index in [0.717, 1.165) is 6.04 Å². The highest BCUT2D eigenvalue weighted by atomic mass is 32.2. The lowest BCUT2D eigenvalue weighted by Gasteiger charge is -2.23. The number of rotatable bonds is 5.